The molecule has 0 aromatic heterocycles. The van der Waals surface area contributed by atoms with Crippen LogP contribution < -0.4 is 0 Å². The molecule has 0 aliphatic rings. The summed E-state index contributed by atoms with van der Waals surface area (Å²) in [7, 11) is -9.88. The number of esters is 4. The lowest BCUT2D eigenvalue weighted by atomic mass is 9.99. The third kappa shape index (κ3) is 61.3. The van der Waals surface area contributed by atoms with Gasteiger partial charge >= 0.3 is 39.5 Å². The number of phosphoric acid groups is 2. The van der Waals surface area contributed by atoms with Crippen LogP contribution in [0.3, 0.4) is 0 Å². The van der Waals surface area contributed by atoms with E-state index in [1.165, 1.54) is 167 Å². The molecule has 3 N–H and O–H groups in total. The van der Waals surface area contributed by atoms with Crippen molar-refractivity contribution in [2.24, 2.45) is 5.92 Å². The van der Waals surface area contributed by atoms with Gasteiger partial charge in [0, 0.05) is 25.7 Å². The number of carbonyl (C=O) groups excluding carboxylic acids is 4. The first-order chi connectivity index (χ1) is 42.1. The van der Waals surface area contributed by atoms with Crippen LogP contribution in [0.25, 0.3) is 0 Å². The molecular weight excluding hydrogens is 1150 g/mol. The van der Waals surface area contributed by atoms with E-state index in [0.717, 1.165) is 102 Å². The predicted molar refractivity (Wildman–Crippen MR) is 349 cm³/mol. The monoisotopic (exact) mass is 1280 g/mol. The van der Waals surface area contributed by atoms with Gasteiger partial charge in [0.1, 0.15) is 19.3 Å². The van der Waals surface area contributed by atoms with Gasteiger partial charge in [-0.15, -0.1) is 0 Å². The van der Waals surface area contributed by atoms with Crippen LogP contribution in [-0.4, -0.2) is 96.7 Å². The summed E-state index contributed by atoms with van der Waals surface area (Å²) in [5, 5.41) is 10.5. The summed E-state index contributed by atoms with van der Waals surface area (Å²) >= 11 is 0. The molecule has 0 fully saturated rings. The summed E-state index contributed by atoms with van der Waals surface area (Å²) in [4.78, 5) is 72.1. The highest BCUT2D eigenvalue weighted by molar-refractivity contribution is 7.47. The van der Waals surface area contributed by atoms with Gasteiger partial charge in [-0.3, -0.25) is 37.3 Å². The first-order valence-corrected chi connectivity index (χ1v) is 38.7. The van der Waals surface area contributed by atoms with Crippen molar-refractivity contribution < 1.29 is 80.2 Å². The van der Waals surface area contributed by atoms with Crippen molar-refractivity contribution in [2.45, 2.75) is 368 Å². The normalized spacial score (nSPS) is 14.4. The van der Waals surface area contributed by atoms with Crippen molar-refractivity contribution in [2.75, 3.05) is 39.6 Å². The average molecular weight is 1280 g/mol. The Bertz CT molecular complexity index is 1690. The fraction of sp³-hybridized carbons (Fsp3) is 0.941. The highest BCUT2D eigenvalue weighted by Crippen LogP contribution is 2.45. The first kappa shape index (κ1) is 85.1. The van der Waals surface area contributed by atoms with E-state index in [0.29, 0.717) is 25.7 Å². The molecule has 0 heterocycles. The summed E-state index contributed by atoms with van der Waals surface area (Å²) in [6.07, 6.45) is 47.5. The number of unbranched alkanes of at least 4 members (excludes halogenated alkanes) is 39. The smallest absolute Gasteiger partial charge is 0.462 e. The van der Waals surface area contributed by atoms with Crippen LogP contribution in [-0.2, 0) is 65.4 Å². The molecule has 0 aromatic carbocycles. The SMILES string of the molecule is CCCCCCCCCCCCCCCCCC(=O)OC[C@H](COP(=O)(O)OC[C@@H](O)COP(=O)(O)OC[C@@H](COC(=O)CCCCCCC)OC(=O)CCCCCCCCCCC)OC(=O)CCCCCCCCCCCCCCCCC(C)CC. The van der Waals surface area contributed by atoms with E-state index < -0.39 is 97.5 Å². The molecule has 0 saturated carbocycles. The topological polar surface area (TPSA) is 237 Å². The number of aliphatic hydroxyl groups is 1. The van der Waals surface area contributed by atoms with E-state index in [4.69, 9.17) is 37.0 Å². The van der Waals surface area contributed by atoms with Crippen LogP contribution >= 0.6 is 15.6 Å². The van der Waals surface area contributed by atoms with E-state index in [9.17, 15) is 43.2 Å². The Morgan fingerprint density at radius 2 is 0.552 bits per heavy atom. The summed E-state index contributed by atoms with van der Waals surface area (Å²) in [5.41, 5.74) is 0. The number of aliphatic hydroxyl groups excluding tert-OH is 1. The maximum absolute atomic E-state index is 13.0. The lowest BCUT2D eigenvalue weighted by Gasteiger charge is -2.21. The van der Waals surface area contributed by atoms with Crippen molar-refractivity contribution in [3.63, 3.8) is 0 Å². The van der Waals surface area contributed by atoms with Crippen molar-refractivity contribution in [1.29, 1.82) is 0 Å². The number of ether oxygens (including phenoxy) is 4. The third-order valence-corrected chi connectivity index (χ3v) is 18.0. The highest BCUT2D eigenvalue weighted by Gasteiger charge is 2.30. The Morgan fingerprint density at radius 1 is 0.322 bits per heavy atom. The zero-order valence-electron chi connectivity index (χ0n) is 56.2. The number of phosphoric ester groups is 2. The third-order valence-electron chi connectivity index (χ3n) is 16.1. The molecule has 0 rings (SSSR count). The zero-order chi connectivity index (χ0) is 64.2. The largest absolute Gasteiger partial charge is 0.472 e. The number of hydrogen-bond donors (Lipinski definition) is 3. The second-order valence-corrected chi connectivity index (χ2v) is 27.7. The molecule has 87 heavy (non-hydrogen) atoms. The molecule has 0 amide bonds. The van der Waals surface area contributed by atoms with Gasteiger partial charge in [-0.1, -0.05) is 298 Å². The maximum atomic E-state index is 13.0. The van der Waals surface area contributed by atoms with E-state index in [1.54, 1.807) is 0 Å². The van der Waals surface area contributed by atoms with E-state index >= 15 is 0 Å². The lowest BCUT2D eigenvalue weighted by Crippen LogP contribution is -2.30. The number of rotatable bonds is 68. The van der Waals surface area contributed by atoms with E-state index in [1.807, 2.05) is 0 Å². The number of hydrogen-bond acceptors (Lipinski definition) is 15. The molecule has 17 nitrogen and oxygen atoms in total. The standard InChI is InChI=1S/C68H132O17P2/c1-6-10-13-16-18-20-21-22-23-27-30-34-37-42-47-52-66(71)79-58-64(85-68(73)54-49-44-39-35-31-28-25-24-26-29-33-36-41-45-50-61(5)9-4)60-83-87(76,77)81-56-62(69)55-80-86(74,75)82-59-63(57-78-65(70)51-46-40-15-12-8-3)84-67(72)53-48-43-38-32-19-17-14-11-7-2/h61-64,69H,6-60H2,1-5H3,(H,74,75)(H,76,77)/t61?,62-,63+,64+/m0/s1. The van der Waals surface area contributed by atoms with Crippen LogP contribution in [0, 0.1) is 5.92 Å². The molecule has 0 bridgehead atoms. The number of carbonyl (C=O) groups is 4. The molecule has 0 aliphatic heterocycles. The van der Waals surface area contributed by atoms with Gasteiger partial charge in [0.25, 0.3) is 0 Å². The fourth-order valence-corrected chi connectivity index (χ4v) is 11.8. The van der Waals surface area contributed by atoms with Crippen LogP contribution in [0.1, 0.15) is 349 Å². The Hall–Kier alpha value is -1.94. The summed E-state index contributed by atoms with van der Waals surface area (Å²) in [6, 6.07) is 0. The van der Waals surface area contributed by atoms with Crippen molar-refractivity contribution in [1.82, 2.24) is 0 Å². The quantitative estimate of drug-likeness (QED) is 0.0222. The fourth-order valence-electron chi connectivity index (χ4n) is 10.3. The minimum atomic E-state index is -4.95. The van der Waals surface area contributed by atoms with Crippen LogP contribution in [0.2, 0.25) is 0 Å². The summed E-state index contributed by atoms with van der Waals surface area (Å²) in [5.74, 6) is -1.29. The Labute approximate surface area is 530 Å². The molecule has 0 radical (unpaired) electrons. The molecule has 0 spiro atoms. The minimum Gasteiger partial charge on any atom is -0.462 e. The van der Waals surface area contributed by atoms with Gasteiger partial charge in [-0.2, -0.15) is 0 Å². The highest BCUT2D eigenvalue weighted by atomic mass is 31.2. The Morgan fingerprint density at radius 3 is 0.816 bits per heavy atom. The van der Waals surface area contributed by atoms with Gasteiger partial charge in [0.05, 0.1) is 26.4 Å². The molecule has 0 aliphatic carbocycles. The second-order valence-electron chi connectivity index (χ2n) is 24.8. The molecule has 6 atom stereocenters. The molecule has 0 aromatic rings. The van der Waals surface area contributed by atoms with Crippen molar-refractivity contribution in [3.8, 4) is 0 Å². The van der Waals surface area contributed by atoms with E-state index in [-0.39, 0.29) is 25.7 Å². The molecular formula is C68H132O17P2. The van der Waals surface area contributed by atoms with Gasteiger partial charge in [0.15, 0.2) is 12.2 Å². The minimum absolute atomic E-state index is 0.105. The Balaban J connectivity index is 5.14. The van der Waals surface area contributed by atoms with Crippen LogP contribution in [0.4, 0.5) is 0 Å². The van der Waals surface area contributed by atoms with E-state index in [2.05, 4.69) is 34.6 Å². The van der Waals surface area contributed by atoms with Crippen LogP contribution in [0.15, 0.2) is 0 Å². The maximum Gasteiger partial charge on any atom is 0.472 e. The van der Waals surface area contributed by atoms with Crippen LogP contribution in [0.5, 0.6) is 0 Å². The van der Waals surface area contributed by atoms with Gasteiger partial charge in [-0.05, 0) is 31.6 Å². The average Bonchev–Trinajstić information content (AvgIpc) is 3.71. The van der Waals surface area contributed by atoms with Gasteiger partial charge in [0.2, 0.25) is 0 Å². The molecule has 3 unspecified atom stereocenters. The molecule has 0 saturated heterocycles. The van der Waals surface area contributed by atoms with Crippen molar-refractivity contribution in [3.05, 3.63) is 0 Å². The zero-order valence-corrected chi connectivity index (χ0v) is 57.9. The second kappa shape index (κ2) is 61.6. The lowest BCUT2D eigenvalue weighted by molar-refractivity contribution is -0.161. The predicted octanol–water partition coefficient (Wildman–Crippen LogP) is 19.4. The van der Waals surface area contributed by atoms with Crippen molar-refractivity contribution >= 4 is 39.5 Å². The molecule has 516 valence electrons. The van der Waals surface area contributed by atoms with Gasteiger partial charge < -0.3 is 33.8 Å². The first-order valence-electron chi connectivity index (χ1n) is 35.7. The van der Waals surface area contributed by atoms with Gasteiger partial charge in [-0.25, -0.2) is 9.13 Å². The molecule has 19 heteroatoms. The summed E-state index contributed by atoms with van der Waals surface area (Å²) in [6.45, 7) is 7.18. The summed E-state index contributed by atoms with van der Waals surface area (Å²) < 4.78 is 67.9. The Kier molecular flexibility index (Phi) is 60.2.